The highest BCUT2D eigenvalue weighted by atomic mass is 35.5. The van der Waals surface area contributed by atoms with Crippen LogP contribution in [-0.4, -0.2) is 35.1 Å². The molecule has 0 spiro atoms. The first-order chi connectivity index (χ1) is 7.36. The minimum atomic E-state index is -0.0593. The van der Waals surface area contributed by atoms with Crippen LogP contribution in [0.25, 0.3) is 0 Å². The second-order valence-electron chi connectivity index (χ2n) is 3.69. The van der Waals surface area contributed by atoms with Gasteiger partial charge in [0.05, 0.1) is 6.20 Å². The smallest absolute Gasteiger partial charge is 0.264 e. The Morgan fingerprint density at radius 3 is 3.19 bits per heavy atom. The van der Waals surface area contributed by atoms with Crippen LogP contribution in [0.15, 0.2) is 6.20 Å². The van der Waals surface area contributed by atoms with Gasteiger partial charge in [-0.15, -0.1) is 17.5 Å². The van der Waals surface area contributed by atoms with Gasteiger partial charge in [-0.25, -0.2) is 0 Å². The van der Waals surface area contributed by atoms with Gasteiger partial charge >= 0.3 is 0 Å². The Labute approximate surface area is 105 Å². The number of aromatic nitrogens is 2. The molecule has 7 heteroatoms. The Hall–Kier alpha value is -0.720. The fourth-order valence-electron chi connectivity index (χ4n) is 1.70. The number of nitrogens with one attached hydrogen (secondary N) is 2. The van der Waals surface area contributed by atoms with Gasteiger partial charge in [-0.2, -0.15) is 0 Å². The summed E-state index contributed by atoms with van der Waals surface area (Å²) >= 11 is 1.13. The minimum absolute atomic E-state index is 0. The highest BCUT2D eigenvalue weighted by Crippen LogP contribution is 2.11. The van der Waals surface area contributed by atoms with E-state index in [2.05, 4.69) is 20.2 Å². The molecular formula is C9H15ClN4OS. The van der Waals surface area contributed by atoms with Gasteiger partial charge in [0.1, 0.15) is 4.88 Å². The van der Waals surface area contributed by atoms with E-state index < -0.39 is 0 Å². The van der Waals surface area contributed by atoms with Crippen molar-refractivity contribution in [1.82, 2.24) is 20.2 Å². The van der Waals surface area contributed by atoms with Crippen molar-refractivity contribution in [1.29, 1.82) is 0 Å². The first-order valence-corrected chi connectivity index (χ1v) is 5.90. The standard InChI is InChI=1S/C9H14N4OS.ClH/c14-9(8-6-12-13-15-8)11-4-2-7-1-3-10-5-7;/h6-7,10H,1-5H2,(H,11,14);1H. The van der Waals surface area contributed by atoms with Crippen molar-refractivity contribution in [3.63, 3.8) is 0 Å². The van der Waals surface area contributed by atoms with Gasteiger partial charge in [-0.1, -0.05) is 4.49 Å². The number of hydrogen-bond donors (Lipinski definition) is 2. The maximum Gasteiger partial charge on any atom is 0.264 e. The molecule has 2 rings (SSSR count). The second kappa shape index (κ2) is 6.78. The van der Waals surface area contributed by atoms with Crippen molar-refractivity contribution >= 4 is 29.8 Å². The number of rotatable bonds is 4. The van der Waals surface area contributed by atoms with Crippen molar-refractivity contribution in [3.8, 4) is 0 Å². The van der Waals surface area contributed by atoms with Crippen LogP contribution >= 0.6 is 23.9 Å². The zero-order valence-corrected chi connectivity index (χ0v) is 10.4. The average Bonchev–Trinajstić information content (AvgIpc) is 2.90. The number of amides is 1. The SMILES string of the molecule is Cl.O=C(NCCC1CCNC1)c1cnns1. The van der Waals surface area contributed by atoms with E-state index in [1.807, 2.05) is 0 Å². The molecule has 90 valence electrons. The molecule has 1 aromatic rings. The summed E-state index contributed by atoms with van der Waals surface area (Å²) < 4.78 is 3.65. The minimum Gasteiger partial charge on any atom is -0.351 e. The zero-order chi connectivity index (χ0) is 10.5. The molecule has 1 saturated heterocycles. The lowest BCUT2D eigenvalue weighted by molar-refractivity contribution is 0.0955. The summed E-state index contributed by atoms with van der Waals surface area (Å²) in [6, 6.07) is 0. The summed E-state index contributed by atoms with van der Waals surface area (Å²) in [5.41, 5.74) is 0. The molecular weight excluding hydrogens is 248 g/mol. The maximum atomic E-state index is 11.5. The summed E-state index contributed by atoms with van der Waals surface area (Å²) in [6.45, 7) is 2.93. The third-order valence-electron chi connectivity index (χ3n) is 2.59. The highest BCUT2D eigenvalue weighted by Gasteiger charge is 2.14. The molecule has 1 amide bonds. The molecule has 1 fully saturated rings. The topological polar surface area (TPSA) is 66.9 Å². The number of hydrogen-bond acceptors (Lipinski definition) is 5. The molecule has 0 saturated carbocycles. The highest BCUT2D eigenvalue weighted by molar-refractivity contribution is 7.07. The molecule has 0 bridgehead atoms. The van der Waals surface area contributed by atoms with Gasteiger partial charge < -0.3 is 10.6 Å². The summed E-state index contributed by atoms with van der Waals surface area (Å²) in [4.78, 5) is 12.1. The van der Waals surface area contributed by atoms with E-state index in [0.717, 1.165) is 37.6 Å². The molecule has 1 aliphatic heterocycles. The lowest BCUT2D eigenvalue weighted by atomic mass is 10.1. The Kier molecular flexibility index (Phi) is 5.65. The third-order valence-corrected chi connectivity index (χ3v) is 3.25. The van der Waals surface area contributed by atoms with Gasteiger partial charge in [-0.3, -0.25) is 4.79 Å². The predicted octanol–water partition coefficient (Wildman–Crippen LogP) is 0.689. The predicted molar refractivity (Wildman–Crippen MR) is 65.1 cm³/mol. The monoisotopic (exact) mass is 262 g/mol. The first kappa shape index (κ1) is 13.3. The van der Waals surface area contributed by atoms with Crippen molar-refractivity contribution < 1.29 is 4.79 Å². The molecule has 0 aliphatic carbocycles. The number of carbonyl (C=O) groups is 1. The number of nitrogens with zero attached hydrogens (tertiary/aromatic N) is 2. The van der Waals surface area contributed by atoms with E-state index in [4.69, 9.17) is 0 Å². The van der Waals surface area contributed by atoms with Gasteiger partial charge in [0, 0.05) is 6.54 Å². The Morgan fingerprint density at radius 2 is 2.56 bits per heavy atom. The first-order valence-electron chi connectivity index (χ1n) is 5.12. The molecule has 16 heavy (non-hydrogen) atoms. The van der Waals surface area contributed by atoms with E-state index in [-0.39, 0.29) is 18.3 Å². The molecule has 1 atom stereocenters. The molecule has 2 N–H and O–H groups in total. The molecule has 1 unspecified atom stereocenters. The van der Waals surface area contributed by atoms with Gasteiger partial charge in [0.25, 0.3) is 5.91 Å². The Morgan fingerprint density at radius 1 is 1.69 bits per heavy atom. The van der Waals surface area contributed by atoms with Crippen LogP contribution in [0.4, 0.5) is 0 Å². The Balaban J connectivity index is 0.00000128. The van der Waals surface area contributed by atoms with Crippen molar-refractivity contribution in [3.05, 3.63) is 11.1 Å². The molecule has 2 heterocycles. The van der Waals surface area contributed by atoms with Gasteiger partial charge in [-0.05, 0) is 43.4 Å². The van der Waals surface area contributed by atoms with Crippen LogP contribution in [0.5, 0.6) is 0 Å². The van der Waals surface area contributed by atoms with E-state index in [9.17, 15) is 4.79 Å². The summed E-state index contributed by atoms with van der Waals surface area (Å²) in [5.74, 6) is 0.654. The maximum absolute atomic E-state index is 11.5. The van der Waals surface area contributed by atoms with Crippen LogP contribution in [0, 0.1) is 5.92 Å². The van der Waals surface area contributed by atoms with E-state index in [1.54, 1.807) is 0 Å². The van der Waals surface area contributed by atoms with E-state index in [1.165, 1.54) is 12.6 Å². The lowest BCUT2D eigenvalue weighted by Gasteiger charge is -2.07. The van der Waals surface area contributed by atoms with Crippen molar-refractivity contribution in [2.45, 2.75) is 12.8 Å². The van der Waals surface area contributed by atoms with E-state index in [0.29, 0.717) is 10.8 Å². The van der Waals surface area contributed by atoms with Crippen molar-refractivity contribution in [2.24, 2.45) is 5.92 Å². The van der Waals surface area contributed by atoms with E-state index >= 15 is 0 Å². The largest absolute Gasteiger partial charge is 0.351 e. The summed E-state index contributed by atoms with van der Waals surface area (Å²) in [7, 11) is 0. The molecule has 0 radical (unpaired) electrons. The van der Waals surface area contributed by atoms with Gasteiger partial charge in [0.2, 0.25) is 0 Å². The van der Waals surface area contributed by atoms with Crippen LogP contribution in [0.2, 0.25) is 0 Å². The molecule has 1 aliphatic rings. The lowest BCUT2D eigenvalue weighted by Crippen LogP contribution is -2.25. The van der Waals surface area contributed by atoms with Crippen LogP contribution in [-0.2, 0) is 0 Å². The molecule has 5 nitrogen and oxygen atoms in total. The fraction of sp³-hybridized carbons (Fsp3) is 0.667. The number of halogens is 1. The van der Waals surface area contributed by atoms with Crippen LogP contribution < -0.4 is 10.6 Å². The zero-order valence-electron chi connectivity index (χ0n) is 8.81. The van der Waals surface area contributed by atoms with Crippen LogP contribution in [0.1, 0.15) is 22.5 Å². The third kappa shape index (κ3) is 3.70. The van der Waals surface area contributed by atoms with Crippen LogP contribution in [0.3, 0.4) is 0 Å². The average molecular weight is 263 g/mol. The molecule has 0 aromatic carbocycles. The molecule has 1 aromatic heterocycles. The second-order valence-corrected chi connectivity index (χ2v) is 4.47. The fourth-order valence-corrected chi connectivity index (χ4v) is 2.14. The Bertz CT molecular complexity index is 313. The summed E-state index contributed by atoms with van der Waals surface area (Å²) in [6.07, 6.45) is 3.76. The van der Waals surface area contributed by atoms with Crippen molar-refractivity contribution in [2.75, 3.05) is 19.6 Å². The number of carbonyl (C=O) groups excluding carboxylic acids is 1. The van der Waals surface area contributed by atoms with Gasteiger partial charge in [0.15, 0.2) is 0 Å². The summed E-state index contributed by atoms with van der Waals surface area (Å²) in [5, 5.41) is 9.81. The quantitative estimate of drug-likeness (QED) is 0.838. The normalized spacial score (nSPS) is 19.1.